The van der Waals surface area contributed by atoms with Crippen LogP contribution in [0.3, 0.4) is 0 Å². The molecule has 2 aromatic heterocycles. The second kappa shape index (κ2) is 8.55. The quantitative estimate of drug-likeness (QED) is 0.413. The molecule has 1 saturated heterocycles. The van der Waals surface area contributed by atoms with Crippen molar-refractivity contribution >= 4 is 50.1 Å². The Labute approximate surface area is 194 Å². The summed E-state index contributed by atoms with van der Waals surface area (Å²) in [6.45, 7) is 2.34. The van der Waals surface area contributed by atoms with E-state index in [-0.39, 0.29) is 30.6 Å². The molecular weight excluding hydrogens is 436 g/mol. The van der Waals surface area contributed by atoms with Crippen LogP contribution in [0.5, 0.6) is 0 Å². The monoisotopic (exact) mass is 456 g/mol. The molecule has 1 aliphatic heterocycles. The Kier molecular flexibility index (Phi) is 5.43. The van der Waals surface area contributed by atoms with Crippen molar-refractivity contribution in [1.29, 1.82) is 0 Å². The molecule has 1 fully saturated rings. The molecule has 0 atom stereocenters. The van der Waals surface area contributed by atoms with E-state index in [0.717, 1.165) is 21.3 Å². The van der Waals surface area contributed by atoms with E-state index in [1.165, 1.54) is 16.2 Å². The largest absolute Gasteiger partial charge is 0.279 e. The van der Waals surface area contributed by atoms with Gasteiger partial charge >= 0.3 is 0 Å². The second-order valence-electron chi connectivity index (χ2n) is 7.89. The number of rotatable bonds is 5. The molecule has 8 heteroatoms. The Morgan fingerprint density at radius 3 is 2.52 bits per heavy atom. The summed E-state index contributed by atoms with van der Waals surface area (Å²) in [5, 5.41) is 0.596. The first-order valence-corrected chi connectivity index (χ1v) is 11.3. The number of pyridine rings is 1. The molecule has 7 nitrogen and oxygen atoms in total. The Balaban J connectivity index is 1.49. The normalized spacial score (nSPS) is 13.7. The van der Waals surface area contributed by atoms with E-state index < -0.39 is 0 Å². The molecule has 0 bridgehead atoms. The van der Waals surface area contributed by atoms with Crippen molar-refractivity contribution in [2.24, 2.45) is 0 Å². The maximum atomic E-state index is 13.6. The van der Waals surface area contributed by atoms with E-state index in [1.807, 2.05) is 31.2 Å². The fourth-order valence-electron chi connectivity index (χ4n) is 3.81. The number of hydrogen-bond acceptors (Lipinski definition) is 6. The van der Waals surface area contributed by atoms with E-state index in [0.29, 0.717) is 22.9 Å². The number of aromatic nitrogens is 2. The number of carbonyl (C=O) groups is 3. The predicted molar refractivity (Wildman–Crippen MR) is 127 cm³/mol. The standard InChI is InChI=1S/C25H20N4O3S/c1-16-4-9-20-21(13-16)33-25(27-20)28(15-17-3-2-12-26-14-17)24(32)18-5-7-19(8-6-18)29-22(30)10-11-23(29)31/h2-9,12-14H,10-11,15H2,1H3. The third-order valence-corrected chi connectivity index (χ3v) is 6.54. The summed E-state index contributed by atoms with van der Waals surface area (Å²) in [5.41, 5.74) is 3.77. The number of imide groups is 1. The first-order chi connectivity index (χ1) is 16.0. The summed E-state index contributed by atoms with van der Waals surface area (Å²) in [6, 6.07) is 16.3. The first kappa shape index (κ1) is 21.0. The lowest BCUT2D eigenvalue weighted by Gasteiger charge is -2.20. The molecule has 1 aliphatic rings. The van der Waals surface area contributed by atoms with Gasteiger partial charge in [0.15, 0.2) is 5.13 Å². The molecule has 0 spiro atoms. The third-order valence-electron chi connectivity index (χ3n) is 5.50. The Morgan fingerprint density at radius 1 is 1.06 bits per heavy atom. The number of nitrogens with zero attached hydrogens (tertiary/aromatic N) is 4. The van der Waals surface area contributed by atoms with Gasteiger partial charge in [0, 0.05) is 30.8 Å². The Morgan fingerprint density at radius 2 is 1.82 bits per heavy atom. The Hall–Kier alpha value is -3.91. The van der Waals surface area contributed by atoms with Gasteiger partial charge in [0.25, 0.3) is 5.91 Å². The second-order valence-corrected chi connectivity index (χ2v) is 8.90. The van der Waals surface area contributed by atoms with Crippen LogP contribution in [0.2, 0.25) is 0 Å². The molecule has 0 saturated carbocycles. The van der Waals surface area contributed by atoms with Gasteiger partial charge in [-0.3, -0.25) is 29.2 Å². The number of anilines is 2. The van der Waals surface area contributed by atoms with Crippen LogP contribution in [0.4, 0.5) is 10.8 Å². The highest BCUT2D eigenvalue weighted by atomic mass is 32.1. The van der Waals surface area contributed by atoms with Gasteiger partial charge in [-0.25, -0.2) is 4.98 Å². The summed E-state index contributed by atoms with van der Waals surface area (Å²) in [5.74, 6) is -0.663. The predicted octanol–water partition coefficient (Wildman–Crippen LogP) is 4.50. The van der Waals surface area contributed by atoms with Crippen LogP contribution >= 0.6 is 11.3 Å². The number of hydrogen-bond donors (Lipinski definition) is 0. The molecule has 164 valence electrons. The van der Waals surface area contributed by atoms with E-state index >= 15 is 0 Å². The number of aryl methyl sites for hydroxylation is 1. The molecule has 5 rings (SSSR count). The van der Waals surface area contributed by atoms with E-state index in [4.69, 9.17) is 4.98 Å². The SMILES string of the molecule is Cc1ccc2nc(N(Cc3cccnc3)C(=O)c3ccc(N4C(=O)CCC4=O)cc3)sc2c1. The van der Waals surface area contributed by atoms with Crippen molar-refractivity contribution < 1.29 is 14.4 Å². The minimum Gasteiger partial charge on any atom is -0.279 e. The van der Waals surface area contributed by atoms with Crippen molar-refractivity contribution in [2.75, 3.05) is 9.80 Å². The summed E-state index contributed by atoms with van der Waals surface area (Å²) in [7, 11) is 0. The lowest BCUT2D eigenvalue weighted by molar-refractivity contribution is -0.121. The lowest BCUT2D eigenvalue weighted by Crippen LogP contribution is -2.31. The molecule has 4 aromatic rings. The smallest absolute Gasteiger partial charge is 0.260 e. The summed E-state index contributed by atoms with van der Waals surface area (Å²) in [6.07, 6.45) is 3.85. The van der Waals surface area contributed by atoms with E-state index in [1.54, 1.807) is 41.6 Å². The average molecular weight is 457 g/mol. The molecule has 0 unspecified atom stereocenters. The van der Waals surface area contributed by atoms with Crippen LogP contribution in [0.25, 0.3) is 10.2 Å². The van der Waals surface area contributed by atoms with Crippen molar-refractivity contribution in [3.63, 3.8) is 0 Å². The summed E-state index contributed by atoms with van der Waals surface area (Å²) in [4.78, 5) is 49.3. The topological polar surface area (TPSA) is 83.5 Å². The maximum absolute atomic E-state index is 13.6. The highest BCUT2D eigenvalue weighted by Crippen LogP contribution is 2.32. The van der Waals surface area contributed by atoms with Gasteiger partial charge in [-0.05, 0) is 60.5 Å². The zero-order chi connectivity index (χ0) is 22.9. The lowest BCUT2D eigenvalue weighted by atomic mass is 10.1. The fraction of sp³-hybridized carbons (Fsp3) is 0.160. The highest BCUT2D eigenvalue weighted by Gasteiger charge is 2.30. The van der Waals surface area contributed by atoms with Crippen molar-refractivity contribution in [3.05, 3.63) is 83.7 Å². The van der Waals surface area contributed by atoms with Crippen LogP contribution in [-0.2, 0) is 16.1 Å². The van der Waals surface area contributed by atoms with Crippen molar-refractivity contribution in [2.45, 2.75) is 26.3 Å². The molecule has 33 heavy (non-hydrogen) atoms. The molecule has 3 heterocycles. The molecule has 0 N–H and O–H groups in total. The maximum Gasteiger partial charge on any atom is 0.260 e. The minimum absolute atomic E-state index is 0.218. The summed E-state index contributed by atoms with van der Waals surface area (Å²) < 4.78 is 1.01. The van der Waals surface area contributed by atoms with Crippen LogP contribution < -0.4 is 9.80 Å². The van der Waals surface area contributed by atoms with Crippen molar-refractivity contribution in [1.82, 2.24) is 9.97 Å². The van der Waals surface area contributed by atoms with E-state index in [2.05, 4.69) is 11.1 Å². The number of benzene rings is 2. The number of thiazole rings is 1. The van der Waals surface area contributed by atoms with Gasteiger partial charge in [0.05, 0.1) is 22.4 Å². The van der Waals surface area contributed by atoms with Crippen LogP contribution in [0.15, 0.2) is 67.0 Å². The number of fused-ring (bicyclic) bond motifs is 1. The van der Waals surface area contributed by atoms with Gasteiger partial charge in [0.2, 0.25) is 11.8 Å². The zero-order valence-corrected chi connectivity index (χ0v) is 18.7. The number of amides is 3. The minimum atomic E-state index is -0.222. The van der Waals surface area contributed by atoms with Crippen LogP contribution in [-0.4, -0.2) is 27.7 Å². The van der Waals surface area contributed by atoms with Gasteiger partial charge < -0.3 is 0 Å². The Bertz CT molecular complexity index is 1350. The summed E-state index contributed by atoms with van der Waals surface area (Å²) >= 11 is 1.46. The van der Waals surface area contributed by atoms with Crippen molar-refractivity contribution in [3.8, 4) is 0 Å². The zero-order valence-electron chi connectivity index (χ0n) is 17.9. The fourth-order valence-corrected chi connectivity index (χ4v) is 4.87. The molecular formula is C25H20N4O3S. The third kappa shape index (κ3) is 4.12. The molecule has 3 amide bonds. The molecule has 0 radical (unpaired) electrons. The van der Waals surface area contributed by atoms with Gasteiger partial charge in [-0.2, -0.15) is 0 Å². The highest BCUT2D eigenvalue weighted by molar-refractivity contribution is 7.22. The van der Waals surface area contributed by atoms with Crippen LogP contribution in [0, 0.1) is 6.92 Å². The van der Waals surface area contributed by atoms with E-state index in [9.17, 15) is 14.4 Å². The molecule has 0 aliphatic carbocycles. The average Bonchev–Trinajstić information content (AvgIpc) is 3.40. The number of carbonyl (C=O) groups excluding carboxylic acids is 3. The first-order valence-electron chi connectivity index (χ1n) is 10.5. The molecule has 2 aromatic carbocycles. The van der Waals surface area contributed by atoms with Crippen LogP contribution in [0.1, 0.15) is 34.3 Å². The van der Waals surface area contributed by atoms with Gasteiger partial charge in [-0.15, -0.1) is 0 Å². The van der Waals surface area contributed by atoms with Gasteiger partial charge in [0.1, 0.15) is 0 Å². The van der Waals surface area contributed by atoms with Gasteiger partial charge in [-0.1, -0.05) is 23.5 Å².